The molecule has 0 spiro atoms. The van der Waals surface area contributed by atoms with E-state index in [-0.39, 0.29) is 12.5 Å². The van der Waals surface area contributed by atoms with Gasteiger partial charge in [-0.25, -0.2) is 4.79 Å². The van der Waals surface area contributed by atoms with Gasteiger partial charge in [-0.05, 0) is 35.4 Å². The summed E-state index contributed by atoms with van der Waals surface area (Å²) in [6.45, 7) is 0.0293. The number of hydrogen-bond donors (Lipinski definition) is 1. The molecule has 0 saturated carbocycles. The van der Waals surface area contributed by atoms with Crippen molar-refractivity contribution in [1.29, 1.82) is 0 Å². The molecule has 0 aliphatic carbocycles. The van der Waals surface area contributed by atoms with Crippen LogP contribution in [-0.2, 0) is 14.3 Å². The summed E-state index contributed by atoms with van der Waals surface area (Å²) in [5, 5.41) is 2.79. The second-order valence-electron chi connectivity index (χ2n) is 7.62. The van der Waals surface area contributed by atoms with Gasteiger partial charge in [0.25, 0.3) is 0 Å². The topological polar surface area (TPSA) is 83.1 Å². The summed E-state index contributed by atoms with van der Waals surface area (Å²) in [4.78, 5) is 25.1. The van der Waals surface area contributed by atoms with Crippen LogP contribution in [0.15, 0.2) is 84.9 Å². The van der Waals surface area contributed by atoms with E-state index in [4.69, 9.17) is 18.9 Å². The maximum Gasteiger partial charge on any atom is 0.331 e. The standard InChI is InChI=1S/C29H29NO6/c1-33-24-18-23(19-25(34-2)29(24)35-3)26(36-28(32)17-15-22-12-8-5-9-13-22)20-30-27(31)16-14-21-10-6-4-7-11-21/h4-19,26H,20H2,1-3H3,(H,30,31). The molecule has 0 aromatic heterocycles. The zero-order valence-corrected chi connectivity index (χ0v) is 20.5. The highest BCUT2D eigenvalue weighted by Crippen LogP contribution is 2.40. The molecule has 0 radical (unpaired) electrons. The quantitative estimate of drug-likeness (QED) is 0.308. The number of esters is 1. The molecule has 0 saturated heterocycles. The van der Waals surface area contributed by atoms with Gasteiger partial charge in [0.2, 0.25) is 11.7 Å². The van der Waals surface area contributed by atoms with Crippen molar-refractivity contribution < 1.29 is 28.5 Å². The summed E-state index contributed by atoms with van der Waals surface area (Å²) in [5.41, 5.74) is 2.32. The summed E-state index contributed by atoms with van der Waals surface area (Å²) in [7, 11) is 4.51. The maximum absolute atomic E-state index is 12.7. The van der Waals surface area contributed by atoms with E-state index in [1.165, 1.54) is 33.5 Å². The van der Waals surface area contributed by atoms with E-state index in [0.29, 0.717) is 22.8 Å². The Kier molecular flexibility index (Phi) is 9.70. The molecule has 1 N–H and O–H groups in total. The highest BCUT2D eigenvalue weighted by molar-refractivity contribution is 5.91. The second kappa shape index (κ2) is 13.4. The third-order valence-electron chi connectivity index (χ3n) is 5.22. The van der Waals surface area contributed by atoms with Gasteiger partial charge in [0.15, 0.2) is 11.5 Å². The van der Waals surface area contributed by atoms with Crippen LogP contribution in [0.2, 0.25) is 0 Å². The van der Waals surface area contributed by atoms with Gasteiger partial charge in [-0.1, -0.05) is 60.7 Å². The van der Waals surface area contributed by atoms with Crippen molar-refractivity contribution in [2.75, 3.05) is 27.9 Å². The first-order chi connectivity index (χ1) is 17.5. The Bertz CT molecular complexity index is 1180. The second-order valence-corrected chi connectivity index (χ2v) is 7.62. The van der Waals surface area contributed by atoms with Gasteiger partial charge in [0.05, 0.1) is 27.9 Å². The first-order valence-electron chi connectivity index (χ1n) is 11.3. The maximum atomic E-state index is 12.7. The van der Waals surface area contributed by atoms with Crippen LogP contribution in [0.5, 0.6) is 17.2 Å². The fraction of sp³-hybridized carbons (Fsp3) is 0.172. The molecular formula is C29H29NO6. The molecule has 3 rings (SSSR count). The number of carbonyl (C=O) groups excluding carboxylic acids is 2. The molecule has 0 aliphatic heterocycles. The van der Waals surface area contributed by atoms with Crippen molar-refractivity contribution in [3.63, 3.8) is 0 Å². The number of carbonyl (C=O) groups is 2. The number of methoxy groups -OCH3 is 3. The number of amides is 1. The summed E-state index contributed by atoms with van der Waals surface area (Å²) in [6.07, 6.45) is 5.32. The fourth-order valence-electron chi connectivity index (χ4n) is 3.41. The Morgan fingerprint density at radius 3 is 1.81 bits per heavy atom. The first-order valence-corrected chi connectivity index (χ1v) is 11.3. The summed E-state index contributed by atoms with van der Waals surface area (Å²) in [5.74, 6) is 0.331. The SMILES string of the molecule is COc1cc(C(CNC(=O)C=Cc2ccccc2)OC(=O)C=Cc2ccccc2)cc(OC)c1OC. The van der Waals surface area contributed by atoms with E-state index in [0.717, 1.165) is 11.1 Å². The van der Waals surface area contributed by atoms with E-state index in [1.54, 1.807) is 24.3 Å². The smallest absolute Gasteiger partial charge is 0.331 e. The number of hydrogen-bond acceptors (Lipinski definition) is 6. The van der Waals surface area contributed by atoms with Crippen LogP contribution in [0.1, 0.15) is 22.8 Å². The monoisotopic (exact) mass is 487 g/mol. The fourth-order valence-corrected chi connectivity index (χ4v) is 3.41. The van der Waals surface area contributed by atoms with Crippen LogP contribution in [-0.4, -0.2) is 39.8 Å². The zero-order chi connectivity index (χ0) is 25.8. The molecule has 0 heterocycles. The average molecular weight is 488 g/mol. The lowest BCUT2D eigenvalue weighted by Crippen LogP contribution is -2.29. The molecule has 186 valence electrons. The molecule has 3 aromatic rings. The lowest BCUT2D eigenvalue weighted by Gasteiger charge is -2.21. The molecule has 0 bridgehead atoms. The minimum Gasteiger partial charge on any atom is -0.493 e. The van der Waals surface area contributed by atoms with E-state index in [1.807, 2.05) is 60.7 Å². The highest BCUT2D eigenvalue weighted by atomic mass is 16.5. The van der Waals surface area contributed by atoms with Gasteiger partial charge in [0, 0.05) is 17.7 Å². The molecular weight excluding hydrogens is 458 g/mol. The van der Waals surface area contributed by atoms with Crippen molar-refractivity contribution in [2.45, 2.75) is 6.10 Å². The van der Waals surface area contributed by atoms with Gasteiger partial charge >= 0.3 is 5.97 Å². The Labute approximate surface area is 211 Å². The largest absolute Gasteiger partial charge is 0.493 e. The number of nitrogens with one attached hydrogen (secondary N) is 1. The Balaban J connectivity index is 1.81. The summed E-state index contributed by atoms with van der Waals surface area (Å²) in [6, 6.07) is 22.2. The molecule has 0 fully saturated rings. The van der Waals surface area contributed by atoms with E-state index >= 15 is 0 Å². The van der Waals surface area contributed by atoms with Crippen LogP contribution in [0, 0.1) is 0 Å². The van der Waals surface area contributed by atoms with E-state index < -0.39 is 12.1 Å². The van der Waals surface area contributed by atoms with Gasteiger partial charge in [-0.15, -0.1) is 0 Å². The Morgan fingerprint density at radius 2 is 1.31 bits per heavy atom. The summed E-state index contributed by atoms with van der Waals surface area (Å²) < 4.78 is 22.0. The Hall–Kier alpha value is -4.52. The summed E-state index contributed by atoms with van der Waals surface area (Å²) >= 11 is 0. The number of ether oxygens (including phenoxy) is 4. The van der Waals surface area contributed by atoms with Gasteiger partial charge in [0.1, 0.15) is 6.10 Å². The predicted octanol–water partition coefficient (Wildman–Crippen LogP) is 4.84. The molecule has 3 aromatic carbocycles. The molecule has 36 heavy (non-hydrogen) atoms. The lowest BCUT2D eigenvalue weighted by molar-refractivity contribution is -0.143. The minimum absolute atomic E-state index is 0.0293. The third kappa shape index (κ3) is 7.50. The third-order valence-corrected chi connectivity index (χ3v) is 5.22. The van der Waals surface area contributed by atoms with Crippen molar-refractivity contribution in [1.82, 2.24) is 5.32 Å². The highest BCUT2D eigenvalue weighted by Gasteiger charge is 2.22. The molecule has 0 aliphatic rings. The van der Waals surface area contributed by atoms with Crippen LogP contribution in [0.25, 0.3) is 12.2 Å². The van der Waals surface area contributed by atoms with E-state index in [2.05, 4.69) is 5.32 Å². The van der Waals surface area contributed by atoms with Gasteiger partial charge < -0.3 is 24.3 Å². The van der Waals surface area contributed by atoms with Gasteiger partial charge in [-0.3, -0.25) is 4.79 Å². The van der Waals surface area contributed by atoms with Crippen molar-refractivity contribution in [3.8, 4) is 17.2 Å². The van der Waals surface area contributed by atoms with Crippen LogP contribution in [0.4, 0.5) is 0 Å². The van der Waals surface area contributed by atoms with Crippen LogP contribution < -0.4 is 19.5 Å². The first kappa shape index (κ1) is 26.1. The molecule has 7 heteroatoms. The van der Waals surface area contributed by atoms with Crippen molar-refractivity contribution in [2.24, 2.45) is 0 Å². The lowest BCUT2D eigenvalue weighted by atomic mass is 10.1. The Morgan fingerprint density at radius 1 is 0.778 bits per heavy atom. The van der Waals surface area contributed by atoms with E-state index in [9.17, 15) is 9.59 Å². The zero-order valence-electron chi connectivity index (χ0n) is 20.5. The molecule has 1 amide bonds. The number of rotatable bonds is 11. The van der Waals surface area contributed by atoms with Crippen molar-refractivity contribution in [3.05, 3.63) is 102 Å². The number of benzene rings is 3. The molecule has 1 atom stereocenters. The molecule has 7 nitrogen and oxygen atoms in total. The molecule has 1 unspecified atom stereocenters. The predicted molar refractivity (Wildman–Crippen MR) is 139 cm³/mol. The minimum atomic E-state index is -0.819. The normalized spacial score (nSPS) is 11.8. The average Bonchev–Trinajstić information content (AvgIpc) is 2.93. The van der Waals surface area contributed by atoms with Crippen molar-refractivity contribution >= 4 is 24.0 Å². The van der Waals surface area contributed by atoms with Gasteiger partial charge in [-0.2, -0.15) is 0 Å². The van der Waals surface area contributed by atoms with Crippen LogP contribution in [0.3, 0.4) is 0 Å². The van der Waals surface area contributed by atoms with Crippen LogP contribution >= 0.6 is 0 Å².